The molecule has 0 spiro atoms. The summed E-state index contributed by atoms with van der Waals surface area (Å²) < 4.78 is 5.60. The molecule has 0 aliphatic carbocycles. The zero-order chi connectivity index (χ0) is 16.7. The molecule has 0 heterocycles. The molecular weight excluding hydrogens is 290 g/mol. The van der Waals surface area contributed by atoms with Crippen LogP contribution in [-0.2, 0) is 4.79 Å². The first-order valence-corrected chi connectivity index (χ1v) is 7.39. The van der Waals surface area contributed by atoms with E-state index in [1.54, 1.807) is 13.1 Å². The summed E-state index contributed by atoms with van der Waals surface area (Å²) in [5.41, 5.74) is 2.13. The van der Waals surface area contributed by atoms with E-state index in [-0.39, 0.29) is 5.57 Å². The Balaban J connectivity index is 2.51. The Kier molecular flexibility index (Phi) is 5.69. The molecule has 2 rings (SSSR count). The Hall–Kier alpha value is -2.88. The first kappa shape index (κ1) is 16.5. The van der Waals surface area contributed by atoms with Crippen LogP contribution in [0.1, 0.15) is 25.0 Å². The van der Waals surface area contributed by atoms with Crippen LogP contribution in [0.4, 0.5) is 0 Å². The molecule has 0 atom stereocenters. The van der Waals surface area contributed by atoms with Gasteiger partial charge in [-0.1, -0.05) is 42.5 Å². The van der Waals surface area contributed by atoms with Gasteiger partial charge in [0, 0.05) is 11.8 Å². The highest BCUT2D eigenvalue weighted by molar-refractivity contribution is 5.98. The molecule has 0 bridgehead atoms. The summed E-state index contributed by atoms with van der Waals surface area (Å²) in [5, 5.41) is 9.36. The van der Waals surface area contributed by atoms with Gasteiger partial charge in [-0.2, -0.15) is 0 Å². The van der Waals surface area contributed by atoms with Crippen molar-refractivity contribution >= 4 is 17.9 Å². The number of carboxylic acids is 1. The minimum absolute atomic E-state index is 0.171. The number of para-hydroxylation sites is 1. The highest BCUT2D eigenvalue weighted by Crippen LogP contribution is 2.29. The summed E-state index contributed by atoms with van der Waals surface area (Å²) in [6, 6.07) is 16.9. The molecule has 1 N–H and O–H groups in total. The average Bonchev–Trinajstić information content (AvgIpc) is 2.57. The zero-order valence-electron chi connectivity index (χ0n) is 13.2. The fourth-order valence-electron chi connectivity index (χ4n) is 2.09. The maximum Gasteiger partial charge on any atom is 0.333 e. The summed E-state index contributed by atoms with van der Waals surface area (Å²) in [5.74, 6) is -0.382. The number of ether oxygens (including phenoxy) is 1. The largest absolute Gasteiger partial charge is 0.493 e. The lowest BCUT2D eigenvalue weighted by atomic mass is 10.1. The first-order valence-electron chi connectivity index (χ1n) is 7.39. The van der Waals surface area contributed by atoms with Gasteiger partial charge in [-0.05, 0) is 31.5 Å². The van der Waals surface area contributed by atoms with Crippen LogP contribution >= 0.6 is 0 Å². The quantitative estimate of drug-likeness (QED) is 0.647. The molecule has 2 aromatic carbocycles. The van der Waals surface area contributed by atoms with Gasteiger partial charge in [0.1, 0.15) is 5.75 Å². The van der Waals surface area contributed by atoms with Crippen LogP contribution in [0, 0.1) is 0 Å². The van der Waals surface area contributed by atoms with Crippen LogP contribution in [0.2, 0.25) is 0 Å². The Labute approximate surface area is 135 Å². The van der Waals surface area contributed by atoms with E-state index in [0.717, 1.165) is 5.56 Å². The maximum atomic E-state index is 11.4. The molecule has 0 aliphatic rings. The number of rotatable bonds is 6. The molecule has 23 heavy (non-hydrogen) atoms. The van der Waals surface area contributed by atoms with E-state index in [1.165, 1.54) is 0 Å². The van der Waals surface area contributed by atoms with Gasteiger partial charge in [-0.15, -0.1) is 0 Å². The van der Waals surface area contributed by atoms with Gasteiger partial charge in [0.25, 0.3) is 0 Å². The topological polar surface area (TPSA) is 58.9 Å². The van der Waals surface area contributed by atoms with Crippen LogP contribution in [0.15, 0.2) is 65.2 Å². The van der Waals surface area contributed by atoms with E-state index < -0.39 is 5.97 Å². The van der Waals surface area contributed by atoms with Crippen molar-refractivity contribution < 1.29 is 14.6 Å². The number of hydrogen-bond acceptors (Lipinski definition) is 3. The van der Waals surface area contributed by atoms with Crippen molar-refractivity contribution in [2.24, 2.45) is 4.99 Å². The van der Waals surface area contributed by atoms with Crippen molar-refractivity contribution in [2.45, 2.75) is 13.8 Å². The smallest absolute Gasteiger partial charge is 0.333 e. The summed E-state index contributed by atoms with van der Waals surface area (Å²) in [6.45, 7) is 3.93. The highest BCUT2D eigenvalue weighted by atomic mass is 16.5. The van der Waals surface area contributed by atoms with Crippen LogP contribution < -0.4 is 4.74 Å². The molecule has 4 heteroatoms. The third-order valence-corrected chi connectivity index (χ3v) is 3.26. The number of carboxylic acid groups (broad SMARTS) is 1. The maximum absolute atomic E-state index is 11.4. The molecule has 0 unspecified atom stereocenters. The van der Waals surface area contributed by atoms with Crippen molar-refractivity contribution in [2.75, 3.05) is 6.61 Å². The lowest BCUT2D eigenvalue weighted by molar-refractivity contribution is -0.132. The molecular formula is C19H19NO3. The number of nitrogens with zero attached hydrogens (tertiary/aromatic N) is 1. The van der Waals surface area contributed by atoms with E-state index in [9.17, 15) is 9.90 Å². The van der Waals surface area contributed by atoms with Crippen molar-refractivity contribution in [1.82, 2.24) is 0 Å². The number of aliphatic carboxylic acids is 1. The van der Waals surface area contributed by atoms with Crippen LogP contribution in [-0.4, -0.2) is 23.9 Å². The summed E-state index contributed by atoms with van der Waals surface area (Å²) >= 11 is 0. The zero-order valence-corrected chi connectivity index (χ0v) is 13.2. The summed E-state index contributed by atoms with van der Waals surface area (Å²) in [4.78, 5) is 15.8. The van der Waals surface area contributed by atoms with Gasteiger partial charge < -0.3 is 9.84 Å². The molecule has 118 valence electrons. The number of hydrogen-bond donors (Lipinski definition) is 1. The van der Waals surface area contributed by atoms with E-state index in [1.807, 2.05) is 61.5 Å². The van der Waals surface area contributed by atoms with Gasteiger partial charge in [0.05, 0.1) is 17.9 Å². The molecule has 0 saturated carbocycles. The van der Waals surface area contributed by atoms with Gasteiger partial charge in [0.2, 0.25) is 0 Å². The predicted octanol–water partition coefficient (Wildman–Crippen LogP) is 4.02. The average molecular weight is 309 g/mol. The molecule has 4 nitrogen and oxygen atoms in total. The molecule has 0 aliphatic heterocycles. The fraction of sp³-hybridized carbons (Fsp3) is 0.158. The summed E-state index contributed by atoms with van der Waals surface area (Å²) in [7, 11) is 0. The van der Waals surface area contributed by atoms with Crippen molar-refractivity contribution in [3.8, 4) is 5.75 Å². The van der Waals surface area contributed by atoms with Gasteiger partial charge >= 0.3 is 5.97 Å². The lowest BCUT2D eigenvalue weighted by Gasteiger charge is -2.11. The second kappa shape index (κ2) is 7.94. The van der Waals surface area contributed by atoms with Crippen LogP contribution in [0.5, 0.6) is 5.75 Å². The van der Waals surface area contributed by atoms with E-state index in [2.05, 4.69) is 4.99 Å². The van der Waals surface area contributed by atoms with E-state index in [4.69, 9.17) is 4.74 Å². The Morgan fingerprint density at radius 2 is 1.78 bits per heavy atom. The predicted molar refractivity (Wildman–Crippen MR) is 91.9 cm³/mol. The van der Waals surface area contributed by atoms with Crippen molar-refractivity contribution in [1.29, 1.82) is 0 Å². The first-order chi connectivity index (χ1) is 11.1. The Morgan fingerprint density at radius 1 is 1.13 bits per heavy atom. The Bertz CT molecular complexity index is 733. The normalized spacial score (nSPS) is 12.1. The van der Waals surface area contributed by atoms with Crippen LogP contribution in [0.3, 0.4) is 0 Å². The van der Waals surface area contributed by atoms with Gasteiger partial charge in [-0.3, -0.25) is 4.99 Å². The standard InChI is InChI=1S/C19H19NO3/c1-3-23-17-12-8-7-11-16(17)18(14(2)19(21)22)20-13-15-9-5-4-6-10-15/h4-13H,3H2,1-2H3,(H,21,22). The van der Waals surface area contributed by atoms with Crippen LogP contribution in [0.25, 0.3) is 5.70 Å². The molecule has 0 fully saturated rings. The highest BCUT2D eigenvalue weighted by Gasteiger charge is 2.14. The Morgan fingerprint density at radius 3 is 2.43 bits per heavy atom. The van der Waals surface area contributed by atoms with Crippen molar-refractivity contribution in [3.63, 3.8) is 0 Å². The van der Waals surface area contributed by atoms with Gasteiger partial charge in [0.15, 0.2) is 0 Å². The second-order valence-corrected chi connectivity index (χ2v) is 4.88. The molecule has 0 amide bonds. The molecule has 2 aromatic rings. The SMILES string of the molecule is CCOc1ccccc1C(N=Cc1ccccc1)=C(C)C(=O)O. The minimum atomic E-state index is -1.00. The molecule has 0 saturated heterocycles. The second-order valence-electron chi connectivity index (χ2n) is 4.88. The third kappa shape index (κ3) is 4.30. The van der Waals surface area contributed by atoms with E-state index in [0.29, 0.717) is 23.6 Å². The number of aliphatic imine (C=N–C) groups is 1. The summed E-state index contributed by atoms with van der Waals surface area (Å²) in [6.07, 6.45) is 1.66. The fourth-order valence-corrected chi connectivity index (χ4v) is 2.09. The monoisotopic (exact) mass is 309 g/mol. The number of carbonyl (C=O) groups is 1. The lowest BCUT2D eigenvalue weighted by Crippen LogP contribution is -2.02. The van der Waals surface area contributed by atoms with Gasteiger partial charge in [-0.25, -0.2) is 4.79 Å². The third-order valence-electron chi connectivity index (χ3n) is 3.26. The van der Waals surface area contributed by atoms with E-state index >= 15 is 0 Å². The molecule has 0 radical (unpaired) electrons. The number of benzene rings is 2. The van der Waals surface area contributed by atoms with Crippen molar-refractivity contribution in [3.05, 3.63) is 71.3 Å². The molecule has 0 aromatic heterocycles. The minimum Gasteiger partial charge on any atom is -0.493 e.